The molecule has 6 heterocycles. The Bertz CT molecular complexity index is 1500. The summed E-state index contributed by atoms with van der Waals surface area (Å²) in [6, 6.07) is 30.6. The van der Waals surface area contributed by atoms with Crippen LogP contribution in [0.3, 0.4) is 0 Å². The first-order chi connectivity index (χ1) is 23.9. The van der Waals surface area contributed by atoms with E-state index in [1.165, 1.54) is 11.1 Å². The monoisotopic (exact) mass is 684 g/mol. The van der Waals surface area contributed by atoms with Crippen molar-refractivity contribution in [3.05, 3.63) is 125 Å². The Balaban J connectivity index is 0.000000144. The van der Waals surface area contributed by atoms with Gasteiger partial charge in [0.15, 0.2) is 0 Å². The van der Waals surface area contributed by atoms with Crippen molar-refractivity contribution in [3.8, 4) is 5.88 Å². The number of hydrogen-bond acceptors (Lipinski definition) is 8. The van der Waals surface area contributed by atoms with Crippen molar-refractivity contribution in [1.29, 1.82) is 0 Å². The van der Waals surface area contributed by atoms with Crippen LogP contribution in [0.15, 0.2) is 97.3 Å². The summed E-state index contributed by atoms with van der Waals surface area (Å²) in [5.74, 6) is 0.737. The van der Waals surface area contributed by atoms with Gasteiger partial charge in [0.2, 0.25) is 5.88 Å². The van der Waals surface area contributed by atoms with E-state index in [1.54, 1.807) is 12.3 Å². The van der Waals surface area contributed by atoms with Crippen LogP contribution in [0.2, 0.25) is 5.15 Å². The van der Waals surface area contributed by atoms with Crippen molar-refractivity contribution >= 4 is 11.6 Å². The zero-order valence-electron chi connectivity index (χ0n) is 28.6. The number of pyridine rings is 2. The maximum atomic E-state index is 9.82. The third-order valence-corrected chi connectivity index (χ3v) is 9.96. The largest absolute Gasteiger partial charge is 0.474 e. The third-order valence-electron chi connectivity index (χ3n) is 9.74. The summed E-state index contributed by atoms with van der Waals surface area (Å²) in [5.41, 5.74) is 5.01. The fourth-order valence-electron chi connectivity index (χ4n) is 7.25. The molecule has 8 nitrogen and oxygen atoms in total. The highest BCUT2D eigenvalue weighted by Gasteiger charge is 2.40. The minimum absolute atomic E-state index is 0.138. The number of aryl methyl sites for hydroxylation is 2. The number of fused-ring (bicyclic) bond motifs is 4. The number of hydrogen-bond donors (Lipinski definition) is 1. The number of ether oxygens (including phenoxy) is 3. The van der Waals surface area contributed by atoms with Crippen molar-refractivity contribution in [2.75, 3.05) is 26.4 Å². The topological polar surface area (TPSA) is 80.2 Å². The van der Waals surface area contributed by atoms with Crippen LogP contribution < -0.4 is 4.74 Å². The van der Waals surface area contributed by atoms with E-state index in [2.05, 4.69) is 80.4 Å². The zero-order valence-corrected chi connectivity index (χ0v) is 29.4. The summed E-state index contributed by atoms with van der Waals surface area (Å²) < 4.78 is 17.6. The molecule has 0 spiro atoms. The van der Waals surface area contributed by atoms with Gasteiger partial charge in [-0.05, 0) is 55.0 Å². The molecule has 4 bridgehead atoms. The van der Waals surface area contributed by atoms with Gasteiger partial charge in [-0.2, -0.15) is 0 Å². The standard InChI is InChI=1S/C20H24N2O2.C14H19NO2.C6H6ClN/c1-15-7-8-20(21-11-15)24-19-9-17-13-23-14-18(10-19)22(17)12-16-5-3-2-4-6-16;16-14-6-12-9-17-10-13(7-14)15(12)8-11-4-2-1-3-5-11;1-5-2-3-6(7)8-4-5/h2-8,11,17-19H,9-10,12-14H2,1H3;1-5,12-14,16H,6-10H2;2-4H,1H3/t17-,18+,19?;12-,13+,14?;. The SMILES string of the molecule is Cc1ccc(Cl)nc1.Cc1ccc(OC2C[C@H]3COC[C@@H](C2)N3Cc2ccccc2)nc1.OC1C[C@H]2COC[C@@H](C1)N2Cc1ccccc1. The maximum Gasteiger partial charge on any atom is 0.213 e. The summed E-state index contributed by atoms with van der Waals surface area (Å²) in [5, 5.41) is 10.4. The number of aromatic nitrogens is 2. The molecule has 0 saturated carbocycles. The summed E-state index contributed by atoms with van der Waals surface area (Å²) >= 11 is 5.50. The highest BCUT2D eigenvalue weighted by molar-refractivity contribution is 6.29. The minimum atomic E-state index is -0.138. The van der Waals surface area contributed by atoms with E-state index in [9.17, 15) is 5.11 Å². The van der Waals surface area contributed by atoms with Gasteiger partial charge < -0.3 is 19.3 Å². The lowest BCUT2D eigenvalue weighted by molar-refractivity contribution is -0.108. The Morgan fingerprint density at radius 3 is 1.55 bits per heavy atom. The Labute approximate surface area is 296 Å². The molecule has 9 heteroatoms. The van der Waals surface area contributed by atoms with E-state index in [1.807, 2.05) is 38.2 Å². The molecule has 4 aliphatic heterocycles. The highest BCUT2D eigenvalue weighted by atomic mass is 35.5. The highest BCUT2D eigenvalue weighted by Crippen LogP contribution is 2.32. The van der Waals surface area contributed by atoms with Gasteiger partial charge in [0.05, 0.1) is 32.5 Å². The Hall–Kier alpha value is -3.37. The van der Waals surface area contributed by atoms with Crippen LogP contribution in [0.4, 0.5) is 0 Å². The number of aliphatic hydroxyl groups is 1. The summed E-state index contributed by atoms with van der Waals surface area (Å²) in [7, 11) is 0. The van der Waals surface area contributed by atoms with Crippen LogP contribution in [-0.4, -0.2) is 87.7 Å². The van der Waals surface area contributed by atoms with Gasteiger partial charge in [-0.25, -0.2) is 9.97 Å². The first-order valence-corrected chi connectivity index (χ1v) is 17.9. The van der Waals surface area contributed by atoms with E-state index in [4.69, 9.17) is 25.8 Å². The van der Waals surface area contributed by atoms with Gasteiger partial charge in [0.1, 0.15) is 11.3 Å². The van der Waals surface area contributed by atoms with E-state index in [0.29, 0.717) is 29.3 Å². The zero-order chi connectivity index (χ0) is 34.0. The lowest BCUT2D eigenvalue weighted by Crippen LogP contribution is -2.58. The van der Waals surface area contributed by atoms with E-state index in [0.717, 1.165) is 82.2 Å². The second kappa shape index (κ2) is 17.5. The number of piperidine rings is 2. The molecule has 8 rings (SSSR count). The van der Waals surface area contributed by atoms with Crippen molar-refractivity contribution < 1.29 is 19.3 Å². The lowest BCUT2D eigenvalue weighted by Gasteiger charge is -2.48. The smallest absolute Gasteiger partial charge is 0.213 e. The molecule has 0 radical (unpaired) electrons. The quantitative estimate of drug-likeness (QED) is 0.226. The van der Waals surface area contributed by atoms with Crippen molar-refractivity contribution in [2.45, 2.75) is 89.0 Å². The van der Waals surface area contributed by atoms with Crippen LogP contribution >= 0.6 is 11.6 Å². The number of nitrogens with zero attached hydrogens (tertiary/aromatic N) is 4. The van der Waals surface area contributed by atoms with Crippen molar-refractivity contribution in [3.63, 3.8) is 0 Å². The average Bonchev–Trinajstić information content (AvgIpc) is 3.09. The van der Waals surface area contributed by atoms with Gasteiger partial charge in [0.25, 0.3) is 0 Å². The van der Waals surface area contributed by atoms with E-state index < -0.39 is 0 Å². The average molecular weight is 685 g/mol. The first-order valence-electron chi connectivity index (χ1n) is 17.5. The molecule has 4 fully saturated rings. The predicted molar refractivity (Wildman–Crippen MR) is 193 cm³/mol. The predicted octanol–water partition coefficient (Wildman–Crippen LogP) is 6.65. The van der Waals surface area contributed by atoms with E-state index >= 15 is 0 Å². The van der Waals surface area contributed by atoms with E-state index in [-0.39, 0.29) is 12.2 Å². The third kappa shape index (κ3) is 10.3. The number of aliphatic hydroxyl groups excluding tert-OH is 1. The minimum Gasteiger partial charge on any atom is -0.474 e. The Morgan fingerprint density at radius 1 is 0.653 bits per heavy atom. The second-order valence-electron chi connectivity index (χ2n) is 13.7. The molecule has 0 amide bonds. The van der Waals surface area contributed by atoms with Crippen LogP contribution in [0, 0.1) is 13.8 Å². The molecule has 4 aliphatic rings. The van der Waals surface area contributed by atoms with Gasteiger partial charge in [-0.1, -0.05) is 84.4 Å². The summed E-state index contributed by atoms with van der Waals surface area (Å²) in [6.45, 7) is 9.11. The van der Waals surface area contributed by atoms with Crippen molar-refractivity contribution in [1.82, 2.24) is 19.8 Å². The normalized spacial score (nSPS) is 26.4. The Morgan fingerprint density at radius 2 is 1.12 bits per heavy atom. The number of morpholine rings is 2. The molecule has 2 unspecified atom stereocenters. The molecular weight excluding hydrogens is 636 g/mol. The first kappa shape index (κ1) is 35.5. The number of halogens is 1. The fourth-order valence-corrected chi connectivity index (χ4v) is 7.36. The number of rotatable bonds is 6. The Kier molecular flexibility index (Phi) is 12.7. The lowest BCUT2D eigenvalue weighted by atomic mass is 9.91. The van der Waals surface area contributed by atoms with Crippen LogP contribution in [0.25, 0.3) is 0 Å². The molecule has 260 valence electrons. The van der Waals surface area contributed by atoms with Gasteiger partial charge >= 0.3 is 0 Å². The van der Waals surface area contributed by atoms with Crippen LogP contribution in [0.5, 0.6) is 5.88 Å². The van der Waals surface area contributed by atoms with Crippen LogP contribution in [-0.2, 0) is 22.6 Å². The maximum absolute atomic E-state index is 9.82. The molecule has 1 N–H and O–H groups in total. The van der Waals surface area contributed by atoms with Gasteiger partial charge in [-0.3, -0.25) is 9.80 Å². The molecule has 2 aromatic heterocycles. The van der Waals surface area contributed by atoms with Crippen LogP contribution in [0.1, 0.15) is 47.9 Å². The summed E-state index contributed by atoms with van der Waals surface area (Å²) in [4.78, 5) is 13.3. The second-order valence-corrected chi connectivity index (χ2v) is 14.1. The van der Waals surface area contributed by atoms with Gasteiger partial charge in [-0.15, -0.1) is 0 Å². The molecule has 2 aromatic carbocycles. The van der Waals surface area contributed by atoms with Gasteiger partial charge in [0, 0.05) is 68.6 Å². The molecule has 49 heavy (non-hydrogen) atoms. The molecular formula is C40H49ClN4O4. The molecule has 4 aromatic rings. The fraction of sp³-hybridized carbons (Fsp3) is 0.450. The van der Waals surface area contributed by atoms with Crippen molar-refractivity contribution in [2.24, 2.45) is 0 Å². The molecule has 4 saturated heterocycles. The number of benzene rings is 2. The molecule has 6 atom stereocenters. The summed E-state index contributed by atoms with van der Waals surface area (Å²) in [6.07, 6.45) is 7.39. The molecule has 0 aliphatic carbocycles.